The fourth-order valence-corrected chi connectivity index (χ4v) is 2.26. The minimum absolute atomic E-state index is 0.421. The van der Waals surface area contributed by atoms with E-state index in [9.17, 15) is 0 Å². The van der Waals surface area contributed by atoms with Gasteiger partial charge in [0.1, 0.15) is 0 Å². The average Bonchev–Trinajstić information content (AvgIpc) is 3.04. The lowest BCUT2D eigenvalue weighted by Gasteiger charge is -2.03. The smallest absolute Gasteiger partial charge is 0.216 e. The number of aromatic nitrogens is 6. The van der Waals surface area contributed by atoms with Crippen LogP contribution in [0.4, 0.5) is 0 Å². The lowest BCUT2D eigenvalue weighted by molar-refractivity contribution is 0.785. The molecular formula is C14H15N7S. The third-order valence-corrected chi connectivity index (χ3v) is 3.32. The molecule has 0 aliphatic heterocycles. The third-order valence-electron chi connectivity index (χ3n) is 3.06. The lowest BCUT2D eigenvalue weighted by atomic mass is 10.3. The fourth-order valence-electron chi connectivity index (χ4n) is 2.09. The van der Waals surface area contributed by atoms with E-state index in [0.717, 1.165) is 17.1 Å². The Labute approximate surface area is 132 Å². The highest BCUT2D eigenvalue weighted by Gasteiger charge is 2.18. The second-order valence-corrected chi connectivity index (χ2v) is 5.37. The van der Waals surface area contributed by atoms with Crippen molar-refractivity contribution in [1.82, 2.24) is 29.9 Å². The molecule has 0 saturated heterocycles. The Balaban J connectivity index is 2.14. The van der Waals surface area contributed by atoms with Crippen LogP contribution in [0.3, 0.4) is 0 Å². The molecule has 3 rings (SSSR count). The topological polar surface area (TPSA) is 76.7 Å². The number of hydrogen-bond acceptors (Lipinski definition) is 5. The van der Waals surface area contributed by atoms with E-state index < -0.39 is 0 Å². The minimum Gasteiger partial charge on any atom is -0.250 e. The quantitative estimate of drug-likeness (QED) is 0.596. The Bertz CT molecular complexity index is 882. The largest absolute Gasteiger partial charge is 0.250 e. The molecule has 0 aliphatic carbocycles. The van der Waals surface area contributed by atoms with Gasteiger partial charge in [0.25, 0.3) is 0 Å². The summed E-state index contributed by atoms with van der Waals surface area (Å²) in [5.41, 5.74) is 3.31. The van der Waals surface area contributed by atoms with E-state index in [1.165, 1.54) is 0 Å². The SMILES string of the molecule is CC(C)=Nn1c(-c2nnn(-c3ccccc3)c2C)n[nH]c1=S. The Kier molecular flexibility index (Phi) is 3.68. The van der Waals surface area contributed by atoms with Crippen LogP contribution in [0.25, 0.3) is 17.2 Å². The fraction of sp³-hybridized carbons (Fsp3) is 0.214. The molecule has 1 aromatic carbocycles. The van der Waals surface area contributed by atoms with Crippen LogP contribution in [0.2, 0.25) is 0 Å². The molecule has 0 spiro atoms. The van der Waals surface area contributed by atoms with Gasteiger partial charge in [0.05, 0.1) is 11.4 Å². The van der Waals surface area contributed by atoms with E-state index in [4.69, 9.17) is 12.2 Å². The Hall–Kier alpha value is -2.61. The molecule has 3 aromatic rings. The summed E-state index contributed by atoms with van der Waals surface area (Å²) in [6.07, 6.45) is 0. The van der Waals surface area contributed by atoms with E-state index in [0.29, 0.717) is 16.3 Å². The highest BCUT2D eigenvalue weighted by molar-refractivity contribution is 7.71. The highest BCUT2D eigenvalue weighted by Crippen LogP contribution is 2.21. The van der Waals surface area contributed by atoms with E-state index in [1.54, 1.807) is 9.36 Å². The maximum atomic E-state index is 5.22. The van der Waals surface area contributed by atoms with Crippen molar-refractivity contribution in [3.05, 3.63) is 40.8 Å². The molecule has 0 bridgehead atoms. The number of aromatic amines is 1. The van der Waals surface area contributed by atoms with E-state index in [-0.39, 0.29) is 0 Å². The molecule has 1 N–H and O–H groups in total. The Morgan fingerprint density at radius 1 is 1.23 bits per heavy atom. The molecule has 112 valence electrons. The van der Waals surface area contributed by atoms with Gasteiger partial charge in [-0.3, -0.25) is 0 Å². The van der Waals surface area contributed by atoms with Crippen molar-refractivity contribution in [3.8, 4) is 17.2 Å². The number of para-hydroxylation sites is 1. The summed E-state index contributed by atoms with van der Waals surface area (Å²) in [6, 6.07) is 9.81. The van der Waals surface area contributed by atoms with Crippen LogP contribution in [0.1, 0.15) is 19.5 Å². The van der Waals surface area contributed by atoms with E-state index in [2.05, 4.69) is 25.6 Å². The highest BCUT2D eigenvalue weighted by atomic mass is 32.1. The summed E-state index contributed by atoms with van der Waals surface area (Å²) >= 11 is 5.22. The summed E-state index contributed by atoms with van der Waals surface area (Å²) < 4.78 is 3.75. The molecule has 0 fully saturated rings. The monoisotopic (exact) mass is 313 g/mol. The second-order valence-electron chi connectivity index (χ2n) is 4.98. The molecule has 2 heterocycles. The second kappa shape index (κ2) is 5.64. The first-order valence-corrected chi connectivity index (χ1v) is 7.16. The van der Waals surface area contributed by atoms with Gasteiger partial charge in [-0.1, -0.05) is 23.4 Å². The summed E-state index contributed by atoms with van der Waals surface area (Å²) in [7, 11) is 0. The third kappa shape index (κ3) is 2.48. The van der Waals surface area contributed by atoms with Crippen molar-refractivity contribution in [2.75, 3.05) is 0 Å². The summed E-state index contributed by atoms with van der Waals surface area (Å²) in [5.74, 6) is 0.547. The van der Waals surface area contributed by atoms with Crippen LogP contribution in [0.5, 0.6) is 0 Å². The Morgan fingerprint density at radius 3 is 2.64 bits per heavy atom. The predicted octanol–water partition coefficient (Wildman–Crippen LogP) is 2.74. The molecule has 2 aromatic heterocycles. The number of rotatable bonds is 3. The average molecular weight is 313 g/mol. The van der Waals surface area contributed by atoms with E-state index in [1.807, 2.05) is 51.1 Å². The van der Waals surface area contributed by atoms with Crippen molar-refractivity contribution < 1.29 is 0 Å². The zero-order valence-electron chi connectivity index (χ0n) is 12.5. The first-order chi connectivity index (χ1) is 10.6. The van der Waals surface area contributed by atoms with Crippen molar-refractivity contribution in [2.24, 2.45) is 5.10 Å². The molecule has 0 aliphatic rings. The molecule has 0 unspecified atom stereocenters. The molecule has 0 atom stereocenters. The summed E-state index contributed by atoms with van der Waals surface area (Å²) in [6.45, 7) is 5.73. The molecule has 0 saturated carbocycles. The van der Waals surface area contributed by atoms with Crippen LogP contribution in [-0.2, 0) is 0 Å². The van der Waals surface area contributed by atoms with Crippen LogP contribution in [0, 0.1) is 11.7 Å². The van der Waals surface area contributed by atoms with Gasteiger partial charge >= 0.3 is 0 Å². The predicted molar refractivity (Wildman–Crippen MR) is 86.7 cm³/mol. The molecule has 0 amide bonds. The summed E-state index contributed by atoms with van der Waals surface area (Å²) in [5, 5.41) is 19.8. The van der Waals surface area contributed by atoms with E-state index >= 15 is 0 Å². The van der Waals surface area contributed by atoms with Crippen LogP contribution in [-0.4, -0.2) is 35.6 Å². The van der Waals surface area contributed by atoms with Crippen molar-refractivity contribution in [3.63, 3.8) is 0 Å². The van der Waals surface area contributed by atoms with Gasteiger partial charge in [0, 0.05) is 5.71 Å². The van der Waals surface area contributed by atoms with Crippen LogP contribution < -0.4 is 0 Å². The van der Waals surface area contributed by atoms with Gasteiger partial charge < -0.3 is 0 Å². The normalized spacial score (nSPS) is 10.7. The number of nitrogens with one attached hydrogen (secondary N) is 1. The first kappa shape index (κ1) is 14.3. The molecule has 22 heavy (non-hydrogen) atoms. The van der Waals surface area contributed by atoms with Crippen molar-refractivity contribution in [2.45, 2.75) is 20.8 Å². The lowest BCUT2D eigenvalue weighted by Crippen LogP contribution is -2.00. The van der Waals surface area contributed by atoms with Crippen molar-refractivity contribution >= 4 is 17.9 Å². The molecule has 0 radical (unpaired) electrons. The minimum atomic E-state index is 0.421. The number of H-pyrrole nitrogens is 1. The molecule has 8 heteroatoms. The van der Waals surface area contributed by atoms with Crippen LogP contribution in [0.15, 0.2) is 35.4 Å². The van der Waals surface area contributed by atoms with Gasteiger partial charge in [0.15, 0.2) is 5.69 Å². The standard InChI is InChI=1S/C14H15N7S/c1-9(2)18-21-13(16-17-14(21)22)12-10(3)20(19-15-12)11-7-5-4-6-8-11/h4-8H,1-3H3,(H,17,22). The van der Waals surface area contributed by atoms with Gasteiger partial charge in [-0.05, 0) is 45.1 Å². The van der Waals surface area contributed by atoms with Crippen LogP contribution >= 0.6 is 12.2 Å². The number of nitrogens with zero attached hydrogens (tertiary/aromatic N) is 6. The zero-order chi connectivity index (χ0) is 15.7. The maximum Gasteiger partial charge on any atom is 0.216 e. The Morgan fingerprint density at radius 2 is 1.95 bits per heavy atom. The van der Waals surface area contributed by atoms with Gasteiger partial charge in [-0.2, -0.15) is 14.9 Å². The summed E-state index contributed by atoms with van der Waals surface area (Å²) in [4.78, 5) is 0. The zero-order valence-corrected chi connectivity index (χ0v) is 13.3. The van der Waals surface area contributed by atoms with Gasteiger partial charge in [-0.25, -0.2) is 9.78 Å². The molecule has 7 nitrogen and oxygen atoms in total. The number of hydrogen-bond donors (Lipinski definition) is 1. The van der Waals surface area contributed by atoms with Gasteiger partial charge in [-0.15, -0.1) is 5.10 Å². The maximum absolute atomic E-state index is 5.22. The van der Waals surface area contributed by atoms with Crippen molar-refractivity contribution in [1.29, 1.82) is 0 Å². The number of benzene rings is 1. The first-order valence-electron chi connectivity index (χ1n) is 6.75. The van der Waals surface area contributed by atoms with Gasteiger partial charge in [0.2, 0.25) is 10.6 Å². The molecular weight excluding hydrogens is 298 g/mol.